The molecule has 2 aromatic carbocycles. The SMILES string of the molecule is Cc1cc(C)c(C(=O)Cn2nnc(-c3ccc(F)cc3)n2)c(C)c1. The molecule has 0 radical (unpaired) electrons. The summed E-state index contributed by atoms with van der Waals surface area (Å²) in [6.45, 7) is 5.86. The van der Waals surface area contributed by atoms with E-state index in [1.165, 1.54) is 16.9 Å². The van der Waals surface area contributed by atoms with E-state index in [0.717, 1.165) is 16.7 Å². The molecule has 0 amide bonds. The van der Waals surface area contributed by atoms with Gasteiger partial charge in [0.05, 0.1) is 0 Å². The molecule has 0 saturated carbocycles. The average Bonchev–Trinajstić information content (AvgIpc) is 2.95. The molecule has 0 aliphatic carbocycles. The van der Waals surface area contributed by atoms with Crippen LogP contribution in [0.3, 0.4) is 0 Å². The summed E-state index contributed by atoms with van der Waals surface area (Å²) in [5.41, 5.74) is 4.35. The van der Waals surface area contributed by atoms with Crippen LogP contribution in [-0.2, 0) is 6.54 Å². The summed E-state index contributed by atoms with van der Waals surface area (Å²) in [6, 6.07) is 9.79. The third kappa shape index (κ3) is 3.22. The second kappa shape index (κ2) is 6.31. The number of hydrogen-bond acceptors (Lipinski definition) is 4. The number of carbonyl (C=O) groups excluding carboxylic acids is 1. The number of nitrogens with zero attached hydrogens (tertiary/aromatic N) is 4. The minimum atomic E-state index is -0.327. The molecular weight excluding hydrogens is 307 g/mol. The Morgan fingerprint density at radius 3 is 2.33 bits per heavy atom. The van der Waals surface area contributed by atoms with Gasteiger partial charge in [0.25, 0.3) is 0 Å². The first-order valence-corrected chi connectivity index (χ1v) is 7.59. The van der Waals surface area contributed by atoms with Gasteiger partial charge in [0.15, 0.2) is 5.78 Å². The summed E-state index contributed by atoms with van der Waals surface area (Å²) < 4.78 is 13.0. The van der Waals surface area contributed by atoms with Crippen molar-refractivity contribution in [3.63, 3.8) is 0 Å². The fourth-order valence-electron chi connectivity index (χ4n) is 2.85. The molecule has 0 saturated heterocycles. The number of aromatic nitrogens is 4. The molecule has 24 heavy (non-hydrogen) atoms. The number of halogens is 1. The van der Waals surface area contributed by atoms with E-state index in [1.54, 1.807) is 12.1 Å². The summed E-state index contributed by atoms with van der Waals surface area (Å²) in [5, 5.41) is 12.1. The lowest BCUT2D eigenvalue weighted by Crippen LogP contribution is -2.15. The number of tetrazole rings is 1. The van der Waals surface area contributed by atoms with Gasteiger partial charge in [0, 0.05) is 11.1 Å². The van der Waals surface area contributed by atoms with Crippen LogP contribution in [0.15, 0.2) is 36.4 Å². The summed E-state index contributed by atoms with van der Waals surface area (Å²) in [7, 11) is 0. The minimum absolute atomic E-state index is 0.0128. The van der Waals surface area contributed by atoms with Gasteiger partial charge in [0.2, 0.25) is 5.82 Å². The fraction of sp³-hybridized carbons (Fsp3) is 0.222. The molecule has 1 heterocycles. The molecule has 3 aromatic rings. The molecule has 1 aromatic heterocycles. The van der Waals surface area contributed by atoms with Gasteiger partial charge in [-0.3, -0.25) is 4.79 Å². The summed E-state index contributed by atoms with van der Waals surface area (Å²) in [6.07, 6.45) is 0. The lowest BCUT2D eigenvalue weighted by molar-refractivity contribution is 0.0960. The number of ketones is 1. The van der Waals surface area contributed by atoms with Crippen molar-refractivity contribution < 1.29 is 9.18 Å². The molecule has 0 aliphatic rings. The summed E-state index contributed by atoms with van der Waals surface area (Å²) in [4.78, 5) is 13.8. The normalized spacial score (nSPS) is 10.8. The van der Waals surface area contributed by atoms with Crippen LogP contribution in [0.5, 0.6) is 0 Å². The third-order valence-corrected chi connectivity index (χ3v) is 3.80. The van der Waals surface area contributed by atoms with Crippen molar-refractivity contribution in [3.8, 4) is 11.4 Å². The van der Waals surface area contributed by atoms with Gasteiger partial charge < -0.3 is 0 Å². The van der Waals surface area contributed by atoms with Gasteiger partial charge in [-0.15, -0.1) is 10.2 Å². The Kier molecular flexibility index (Phi) is 4.20. The van der Waals surface area contributed by atoms with Crippen molar-refractivity contribution in [1.82, 2.24) is 20.2 Å². The Bertz CT molecular complexity index is 877. The number of aryl methyl sites for hydroxylation is 3. The largest absolute Gasteiger partial charge is 0.292 e. The highest BCUT2D eigenvalue weighted by Crippen LogP contribution is 2.18. The van der Waals surface area contributed by atoms with Crippen LogP contribution in [0.4, 0.5) is 4.39 Å². The maximum Gasteiger partial charge on any atom is 0.204 e. The number of carbonyl (C=O) groups is 1. The van der Waals surface area contributed by atoms with Crippen molar-refractivity contribution >= 4 is 5.78 Å². The van der Waals surface area contributed by atoms with Crippen LogP contribution >= 0.6 is 0 Å². The molecule has 0 N–H and O–H groups in total. The van der Waals surface area contributed by atoms with E-state index in [1.807, 2.05) is 32.9 Å². The molecule has 0 aliphatic heterocycles. The molecule has 5 nitrogen and oxygen atoms in total. The smallest absolute Gasteiger partial charge is 0.204 e. The second-order valence-corrected chi connectivity index (χ2v) is 5.85. The highest BCUT2D eigenvalue weighted by atomic mass is 19.1. The van der Waals surface area contributed by atoms with Crippen molar-refractivity contribution in [1.29, 1.82) is 0 Å². The Hall–Kier alpha value is -2.89. The molecule has 0 unspecified atom stereocenters. The van der Waals surface area contributed by atoms with E-state index in [-0.39, 0.29) is 18.1 Å². The van der Waals surface area contributed by atoms with E-state index in [9.17, 15) is 9.18 Å². The topological polar surface area (TPSA) is 60.7 Å². The molecular formula is C18H17FN4O. The molecule has 0 fully saturated rings. The van der Waals surface area contributed by atoms with Gasteiger partial charge in [-0.1, -0.05) is 17.7 Å². The lowest BCUT2D eigenvalue weighted by atomic mass is 9.97. The molecule has 122 valence electrons. The van der Waals surface area contributed by atoms with Crippen LogP contribution in [0.25, 0.3) is 11.4 Å². The van der Waals surface area contributed by atoms with Crippen molar-refractivity contribution in [2.45, 2.75) is 27.3 Å². The van der Waals surface area contributed by atoms with Gasteiger partial charge in [-0.2, -0.15) is 4.80 Å². The zero-order valence-electron chi connectivity index (χ0n) is 13.7. The zero-order chi connectivity index (χ0) is 17.3. The Morgan fingerprint density at radius 2 is 1.71 bits per heavy atom. The standard InChI is InChI=1S/C18H17FN4O/c1-11-8-12(2)17(13(3)9-11)16(24)10-23-21-18(20-22-23)14-4-6-15(19)7-5-14/h4-9H,10H2,1-3H3. The van der Waals surface area contributed by atoms with E-state index >= 15 is 0 Å². The van der Waals surface area contributed by atoms with E-state index in [2.05, 4.69) is 15.4 Å². The number of rotatable bonds is 4. The third-order valence-electron chi connectivity index (χ3n) is 3.80. The second-order valence-electron chi connectivity index (χ2n) is 5.85. The first kappa shape index (κ1) is 16.0. The number of benzene rings is 2. The quantitative estimate of drug-likeness (QED) is 0.691. The molecule has 6 heteroatoms. The van der Waals surface area contributed by atoms with E-state index < -0.39 is 0 Å². The minimum Gasteiger partial charge on any atom is -0.292 e. The zero-order valence-corrected chi connectivity index (χ0v) is 13.7. The first-order valence-electron chi connectivity index (χ1n) is 7.59. The summed E-state index contributed by atoms with van der Waals surface area (Å²) >= 11 is 0. The highest BCUT2D eigenvalue weighted by molar-refractivity contribution is 5.98. The van der Waals surface area contributed by atoms with Crippen LogP contribution < -0.4 is 0 Å². The van der Waals surface area contributed by atoms with Crippen molar-refractivity contribution in [2.75, 3.05) is 0 Å². The van der Waals surface area contributed by atoms with E-state index in [0.29, 0.717) is 17.0 Å². The van der Waals surface area contributed by atoms with Crippen molar-refractivity contribution in [3.05, 3.63) is 64.5 Å². The monoisotopic (exact) mass is 324 g/mol. The van der Waals surface area contributed by atoms with Gasteiger partial charge in [-0.05, 0) is 61.4 Å². The highest BCUT2D eigenvalue weighted by Gasteiger charge is 2.15. The maximum absolute atomic E-state index is 13.0. The van der Waals surface area contributed by atoms with Crippen LogP contribution in [-0.4, -0.2) is 26.0 Å². The molecule has 0 spiro atoms. The van der Waals surface area contributed by atoms with Gasteiger partial charge in [-0.25, -0.2) is 4.39 Å². The van der Waals surface area contributed by atoms with Crippen LogP contribution in [0, 0.1) is 26.6 Å². The Morgan fingerprint density at radius 1 is 1.08 bits per heavy atom. The van der Waals surface area contributed by atoms with Crippen LogP contribution in [0.2, 0.25) is 0 Å². The Labute approximate surface area is 139 Å². The molecule has 0 bridgehead atoms. The van der Waals surface area contributed by atoms with Gasteiger partial charge in [0.1, 0.15) is 12.4 Å². The molecule has 3 rings (SSSR count). The van der Waals surface area contributed by atoms with Crippen LogP contribution in [0.1, 0.15) is 27.0 Å². The predicted octanol–water partition coefficient (Wildman–Crippen LogP) is 3.29. The lowest BCUT2D eigenvalue weighted by Gasteiger charge is -2.09. The predicted molar refractivity (Wildman–Crippen MR) is 88.2 cm³/mol. The first-order chi connectivity index (χ1) is 11.4. The van der Waals surface area contributed by atoms with Crippen molar-refractivity contribution in [2.24, 2.45) is 0 Å². The maximum atomic E-state index is 13.0. The van der Waals surface area contributed by atoms with Gasteiger partial charge >= 0.3 is 0 Å². The number of hydrogen-bond donors (Lipinski definition) is 0. The Balaban J connectivity index is 1.82. The summed E-state index contributed by atoms with van der Waals surface area (Å²) in [5.74, 6) is -0.0279. The van der Waals surface area contributed by atoms with E-state index in [4.69, 9.17) is 0 Å². The number of Topliss-reactive ketones (excluding diaryl/α,β-unsaturated/α-hetero) is 1. The molecule has 0 atom stereocenters. The average molecular weight is 324 g/mol. The fourth-order valence-corrected chi connectivity index (χ4v) is 2.85.